The Morgan fingerprint density at radius 2 is 1.93 bits per heavy atom. The molecular formula is C20H31IN4O2. The second-order valence-electron chi connectivity index (χ2n) is 6.62. The first-order valence-electron chi connectivity index (χ1n) is 9.00. The first-order chi connectivity index (χ1) is 12.4. The fourth-order valence-electron chi connectivity index (χ4n) is 2.54. The van der Waals surface area contributed by atoms with Gasteiger partial charge in [0.05, 0.1) is 12.8 Å². The Labute approximate surface area is 179 Å². The molecule has 2 aromatic rings. The molecule has 0 radical (unpaired) electrons. The highest BCUT2D eigenvalue weighted by atomic mass is 127. The van der Waals surface area contributed by atoms with Gasteiger partial charge in [-0.15, -0.1) is 24.0 Å². The van der Waals surface area contributed by atoms with Crippen LogP contribution in [0.1, 0.15) is 26.5 Å². The Kier molecular flexibility index (Phi) is 9.65. The zero-order valence-corrected chi connectivity index (χ0v) is 18.8. The molecule has 0 saturated carbocycles. The second kappa shape index (κ2) is 11.2. The van der Waals surface area contributed by atoms with Crippen LogP contribution in [-0.4, -0.2) is 43.8 Å². The molecule has 2 unspecified atom stereocenters. The van der Waals surface area contributed by atoms with E-state index < -0.39 is 5.60 Å². The van der Waals surface area contributed by atoms with E-state index in [1.807, 2.05) is 25.1 Å². The molecule has 1 aromatic heterocycles. The Bertz CT molecular complexity index is 675. The van der Waals surface area contributed by atoms with Crippen LogP contribution in [0.2, 0.25) is 0 Å². The summed E-state index contributed by atoms with van der Waals surface area (Å²) in [5.74, 6) is 1.18. The lowest BCUT2D eigenvalue weighted by molar-refractivity contribution is 0.0437. The molecule has 2 rings (SSSR count). The highest BCUT2D eigenvalue weighted by Gasteiger charge is 2.26. The number of para-hydroxylation sites is 1. The first kappa shape index (κ1) is 23.3. The minimum absolute atomic E-state index is 0. The molecule has 1 aromatic carbocycles. The topological polar surface area (TPSA) is 73.0 Å². The van der Waals surface area contributed by atoms with Crippen molar-refractivity contribution in [2.75, 3.05) is 31.6 Å². The van der Waals surface area contributed by atoms with Crippen molar-refractivity contribution in [2.45, 2.75) is 32.4 Å². The van der Waals surface area contributed by atoms with Crippen molar-refractivity contribution in [2.24, 2.45) is 4.99 Å². The molecule has 0 amide bonds. The first-order valence-corrected chi connectivity index (χ1v) is 9.00. The van der Waals surface area contributed by atoms with Crippen LogP contribution in [-0.2, 0) is 5.60 Å². The minimum atomic E-state index is -1.14. The number of aliphatic imine (C=N–C) groups is 1. The molecule has 2 atom stereocenters. The molecule has 6 nitrogen and oxygen atoms in total. The van der Waals surface area contributed by atoms with Gasteiger partial charge >= 0.3 is 0 Å². The Hall–Kier alpha value is -1.74. The number of hydrogen-bond donors (Lipinski definition) is 3. The average Bonchev–Trinajstić information content (AvgIpc) is 3.19. The Morgan fingerprint density at radius 3 is 2.52 bits per heavy atom. The standard InChI is InChI=1S/C20H30N4O2.HI/c1-5-21-19(23-15-20(3,25)18-12-9-13-26-18)22-14-16(2)24(4)17-10-7-6-8-11-17;/h6-13,16,25H,5,14-15H2,1-4H3,(H2,21,22,23);1H. The van der Waals surface area contributed by atoms with E-state index in [1.165, 1.54) is 5.69 Å². The maximum Gasteiger partial charge on any atom is 0.191 e. The summed E-state index contributed by atoms with van der Waals surface area (Å²) >= 11 is 0. The van der Waals surface area contributed by atoms with Gasteiger partial charge in [0.15, 0.2) is 5.96 Å². The van der Waals surface area contributed by atoms with Crippen molar-refractivity contribution < 1.29 is 9.52 Å². The Balaban J connectivity index is 0.00000364. The fourth-order valence-corrected chi connectivity index (χ4v) is 2.54. The van der Waals surface area contributed by atoms with Gasteiger partial charge < -0.3 is 25.1 Å². The molecule has 0 fully saturated rings. The predicted octanol–water partition coefficient (Wildman–Crippen LogP) is 3.19. The third-order valence-corrected chi connectivity index (χ3v) is 4.33. The van der Waals surface area contributed by atoms with E-state index in [1.54, 1.807) is 25.3 Å². The summed E-state index contributed by atoms with van der Waals surface area (Å²) in [6.07, 6.45) is 1.55. The molecule has 7 heteroatoms. The van der Waals surface area contributed by atoms with E-state index in [-0.39, 0.29) is 36.6 Å². The van der Waals surface area contributed by atoms with E-state index in [2.05, 4.69) is 46.6 Å². The monoisotopic (exact) mass is 486 g/mol. The van der Waals surface area contributed by atoms with E-state index in [0.717, 1.165) is 13.1 Å². The SMILES string of the molecule is CCNC(=NCC(C)(O)c1ccco1)NCC(C)N(C)c1ccccc1.I. The van der Waals surface area contributed by atoms with Gasteiger partial charge in [-0.3, -0.25) is 0 Å². The smallest absolute Gasteiger partial charge is 0.191 e. The number of guanidine groups is 1. The number of furan rings is 1. The number of nitrogens with zero attached hydrogens (tertiary/aromatic N) is 2. The Morgan fingerprint density at radius 1 is 1.22 bits per heavy atom. The van der Waals surface area contributed by atoms with E-state index in [4.69, 9.17) is 4.42 Å². The molecule has 1 heterocycles. The lowest BCUT2D eigenvalue weighted by atomic mass is 10.0. The summed E-state index contributed by atoms with van der Waals surface area (Å²) < 4.78 is 5.30. The highest BCUT2D eigenvalue weighted by molar-refractivity contribution is 14.0. The predicted molar refractivity (Wildman–Crippen MR) is 122 cm³/mol. The summed E-state index contributed by atoms with van der Waals surface area (Å²) in [7, 11) is 2.08. The average molecular weight is 486 g/mol. The quantitative estimate of drug-likeness (QED) is 0.304. The van der Waals surface area contributed by atoms with Crippen molar-refractivity contribution in [3.05, 3.63) is 54.5 Å². The molecule has 0 aliphatic carbocycles. The molecule has 0 spiro atoms. The summed E-state index contributed by atoms with van der Waals surface area (Å²) in [6.45, 7) is 7.55. The largest absolute Gasteiger partial charge is 0.466 e. The molecule has 0 aliphatic rings. The number of anilines is 1. The lowest BCUT2D eigenvalue weighted by Crippen LogP contribution is -2.45. The number of hydrogen-bond acceptors (Lipinski definition) is 4. The summed E-state index contributed by atoms with van der Waals surface area (Å²) in [5, 5.41) is 17.1. The van der Waals surface area contributed by atoms with Crippen molar-refractivity contribution in [3.63, 3.8) is 0 Å². The van der Waals surface area contributed by atoms with Gasteiger partial charge in [0, 0.05) is 31.9 Å². The summed E-state index contributed by atoms with van der Waals surface area (Å²) in [4.78, 5) is 6.73. The van der Waals surface area contributed by atoms with Crippen LogP contribution in [0.4, 0.5) is 5.69 Å². The van der Waals surface area contributed by atoms with Crippen molar-refractivity contribution >= 4 is 35.6 Å². The van der Waals surface area contributed by atoms with Gasteiger partial charge in [-0.2, -0.15) is 0 Å². The van der Waals surface area contributed by atoms with Crippen molar-refractivity contribution in [1.82, 2.24) is 10.6 Å². The lowest BCUT2D eigenvalue weighted by Gasteiger charge is -2.28. The zero-order chi connectivity index (χ0) is 19.0. The number of halogens is 1. The van der Waals surface area contributed by atoms with Crippen LogP contribution in [0.25, 0.3) is 0 Å². The van der Waals surface area contributed by atoms with E-state index in [9.17, 15) is 5.11 Å². The maximum atomic E-state index is 10.5. The maximum absolute atomic E-state index is 10.5. The molecule has 0 aliphatic heterocycles. The van der Waals surface area contributed by atoms with Crippen LogP contribution in [0, 0.1) is 0 Å². The summed E-state index contributed by atoms with van der Waals surface area (Å²) in [5.41, 5.74) is 0.0302. The van der Waals surface area contributed by atoms with Crippen molar-refractivity contribution in [3.8, 4) is 0 Å². The highest BCUT2D eigenvalue weighted by Crippen LogP contribution is 2.21. The molecule has 27 heavy (non-hydrogen) atoms. The molecule has 150 valence electrons. The zero-order valence-electron chi connectivity index (χ0n) is 16.5. The van der Waals surface area contributed by atoms with E-state index >= 15 is 0 Å². The number of nitrogens with one attached hydrogen (secondary N) is 2. The number of rotatable bonds is 8. The molecule has 0 saturated heterocycles. The molecule has 0 bridgehead atoms. The third kappa shape index (κ3) is 7.06. The van der Waals surface area contributed by atoms with Gasteiger partial charge in [-0.05, 0) is 45.0 Å². The van der Waals surface area contributed by atoms with Crippen LogP contribution in [0.5, 0.6) is 0 Å². The number of likely N-dealkylation sites (N-methyl/N-ethyl adjacent to an activating group) is 1. The fraction of sp³-hybridized carbons (Fsp3) is 0.450. The third-order valence-electron chi connectivity index (χ3n) is 4.33. The normalized spacial score (nSPS) is 14.6. The molecular weight excluding hydrogens is 455 g/mol. The van der Waals surface area contributed by atoms with Crippen LogP contribution in [0.15, 0.2) is 58.1 Å². The van der Waals surface area contributed by atoms with Crippen LogP contribution < -0.4 is 15.5 Å². The van der Waals surface area contributed by atoms with Gasteiger partial charge in [-0.25, -0.2) is 4.99 Å². The van der Waals surface area contributed by atoms with Gasteiger partial charge in [0.1, 0.15) is 11.4 Å². The molecule has 3 N–H and O–H groups in total. The van der Waals surface area contributed by atoms with Crippen LogP contribution >= 0.6 is 24.0 Å². The van der Waals surface area contributed by atoms with Gasteiger partial charge in [0.2, 0.25) is 0 Å². The second-order valence-corrected chi connectivity index (χ2v) is 6.62. The van der Waals surface area contributed by atoms with E-state index in [0.29, 0.717) is 11.7 Å². The minimum Gasteiger partial charge on any atom is -0.466 e. The number of benzene rings is 1. The summed E-state index contributed by atoms with van der Waals surface area (Å²) in [6, 6.07) is 14.1. The van der Waals surface area contributed by atoms with Gasteiger partial charge in [0.25, 0.3) is 0 Å². The number of aliphatic hydroxyl groups is 1. The van der Waals surface area contributed by atoms with Crippen molar-refractivity contribution in [1.29, 1.82) is 0 Å². The van der Waals surface area contributed by atoms with Crippen LogP contribution in [0.3, 0.4) is 0 Å². The van der Waals surface area contributed by atoms with Gasteiger partial charge in [-0.1, -0.05) is 18.2 Å².